The first-order valence-electron chi connectivity index (χ1n) is 11.6. The zero-order valence-corrected chi connectivity index (χ0v) is 18.8. The average molecular weight is 435 g/mol. The molecule has 0 aliphatic rings. The summed E-state index contributed by atoms with van der Waals surface area (Å²) in [5.41, 5.74) is 4.65. The van der Waals surface area contributed by atoms with Crippen LogP contribution in [0.4, 0.5) is 0 Å². The van der Waals surface area contributed by atoms with Crippen LogP contribution in [0.15, 0.2) is 121 Å². The van der Waals surface area contributed by atoms with Crippen molar-refractivity contribution < 1.29 is 9.53 Å². The van der Waals surface area contributed by atoms with Gasteiger partial charge in [-0.05, 0) is 47.4 Å². The number of esters is 1. The molecule has 0 aliphatic carbocycles. The Balaban J connectivity index is 1.60. The molecule has 0 aromatic heterocycles. The lowest BCUT2D eigenvalue weighted by Gasteiger charge is -2.26. The van der Waals surface area contributed by atoms with Crippen LogP contribution in [-0.4, -0.2) is 5.97 Å². The Morgan fingerprint density at radius 3 is 1.30 bits per heavy atom. The third-order valence-electron chi connectivity index (χ3n) is 6.08. The van der Waals surface area contributed by atoms with Crippen molar-refractivity contribution in [3.8, 4) is 0 Å². The van der Waals surface area contributed by atoms with Gasteiger partial charge in [-0.15, -0.1) is 0 Å². The van der Waals surface area contributed by atoms with Crippen molar-refractivity contribution >= 4 is 5.97 Å². The molecule has 33 heavy (non-hydrogen) atoms. The van der Waals surface area contributed by atoms with E-state index in [1.165, 1.54) is 11.1 Å². The molecule has 0 bridgehead atoms. The highest BCUT2D eigenvalue weighted by atomic mass is 16.5. The molecule has 2 nitrogen and oxygen atoms in total. The quantitative estimate of drug-likeness (QED) is 0.260. The number of carbonyl (C=O) groups excluding carboxylic acids is 1. The maximum absolute atomic E-state index is 13.5. The Morgan fingerprint density at radius 2 is 0.879 bits per heavy atom. The molecule has 0 amide bonds. The van der Waals surface area contributed by atoms with Gasteiger partial charge < -0.3 is 4.74 Å². The maximum atomic E-state index is 13.5. The predicted octanol–water partition coefficient (Wildman–Crippen LogP) is 6.69. The minimum absolute atomic E-state index is 0.123. The zero-order valence-electron chi connectivity index (χ0n) is 18.8. The van der Waals surface area contributed by atoms with Gasteiger partial charge in [0, 0.05) is 0 Å². The Hall–Kier alpha value is -3.65. The molecular formula is C31H30O2. The first-order chi connectivity index (χ1) is 16.3. The van der Waals surface area contributed by atoms with Crippen molar-refractivity contribution in [2.75, 3.05) is 0 Å². The molecule has 0 aliphatic heterocycles. The maximum Gasteiger partial charge on any atom is 0.309 e. The van der Waals surface area contributed by atoms with Crippen molar-refractivity contribution in [2.24, 2.45) is 11.8 Å². The van der Waals surface area contributed by atoms with Crippen LogP contribution < -0.4 is 0 Å². The van der Waals surface area contributed by atoms with Crippen molar-refractivity contribution in [3.63, 3.8) is 0 Å². The smallest absolute Gasteiger partial charge is 0.309 e. The third-order valence-corrected chi connectivity index (χ3v) is 6.08. The summed E-state index contributed by atoms with van der Waals surface area (Å²) >= 11 is 0. The highest BCUT2D eigenvalue weighted by Crippen LogP contribution is 2.27. The lowest BCUT2D eigenvalue weighted by atomic mass is 9.79. The molecule has 0 radical (unpaired) electrons. The minimum Gasteiger partial charge on any atom is -0.461 e. The van der Waals surface area contributed by atoms with Crippen LogP contribution in [0.5, 0.6) is 0 Å². The van der Waals surface area contributed by atoms with Crippen molar-refractivity contribution in [1.29, 1.82) is 0 Å². The third kappa shape index (κ3) is 6.92. The van der Waals surface area contributed by atoms with E-state index >= 15 is 0 Å². The summed E-state index contributed by atoms with van der Waals surface area (Å²) in [6.45, 7) is 0.300. The van der Waals surface area contributed by atoms with Gasteiger partial charge >= 0.3 is 5.97 Å². The van der Waals surface area contributed by atoms with Gasteiger partial charge in [-0.3, -0.25) is 4.79 Å². The normalized spacial score (nSPS) is 11.8. The Bertz CT molecular complexity index is 1050. The number of rotatable bonds is 10. The van der Waals surface area contributed by atoms with E-state index < -0.39 is 0 Å². The lowest BCUT2D eigenvalue weighted by molar-refractivity contribution is -0.152. The van der Waals surface area contributed by atoms with Gasteiger partial charge in [0.25, 0.3) is 0 Å². The van der Waals surface area contributed by atoms with Crippen LogP contribution in [0.2, 0.25) is 0 Å². The molecule has 0 saturated carbocycles. The van der Waals surface area contributed by atoms with Gasteiger partial charge in [0.1, 0.15) is 6.61 Å². The first-order valence-corrected chi connectivity index (χ1v) is 11.6. The average Bonchev–Trinajstić information content (AvgIpc) is 2.88. The van der Waals surface area contributed by atoms with E-state index in [0.717, 1.165) is 24.0 Å². The van der Waals surface area contributed by atoms with Crippen LogP contribution in [0.3, 0.4) is 0 Å². The summed E-state index contributed by atoms with van der Waals surface area (Å²) in [5, 5.41) is 0. The van der Waals surface area contributed by atoms with Gasteiger partial charge in [-0.1, -0.05) is 121 Å². The Labute approximate surface area is 196 Å². The molecule has 4 aromatic carbocycles. The van der Waals surface area contributed by atoms with E-state index in [1.807, 2.05) is 60.7 Å². The molecule has 4 aromatic rings. The van der Waals surface area contributed by atoms with Crippen LogP contribution in [0.1, 0.15) is 22.3 Å². The molecule has 4 rings (SSSR count). The van der Waals surface area contributed by atoms with Crippen LogP contribution >= 0.6 is 0 Å². The number of ether oxygens (including phenoxy) is 1. The van der Waals surface area contributed by atoms with Gasteiger partial charge in [0.15, 0.2) is 0 Å². The second kappa shape index (κ2) is 11.8. The standard InChI is InChI=1S/C31H30O2/c32-31(33-24-28-19-11-4-12-20-28)30(23-27-17-9-3-10-18-27)29(21-25-13-5-1-6-14-25)22-26-15-7-2-8-16-26/h1-20,29-30H,21-24H2/t30-/m1/s1. The summed E-state index contributed by atoms with van der Waals surface area (Å²) in [6.07, 6.45) is 2.32. The molecule has 0 fully saturated rings. The van der Waals surface area contributed by atoms with Crippen LogP contribution in [-0.2, 0) is 35.4 Å². The number of carbonyl (C=O) groups is 1. The topological polar surface area (TPSA) is 26.3 Å². The fraction of sp³-hybridized carbons (Fsp3) is 0.194. The molecule has 0 heterocycles. The Kier molecular flexibility index (Phi) is 8.08. The molecular weight excluding hydrogens is 404 g/mol. The minimum atomic E-state index is -0.239. The van der Waals surface area contributed by atoms with Gasteiger partial charge in [-0.2, -0.15) is 0 Å². The van der Waals surface area contributed by atoms with Crippen molar-refractivity contribution in [3.05, 3.63) is 144 Å². The fourth-order valence-corrected chi connectivity index (χ4v) is 4.34. The second-order valence-electron chi connectivity index (χ2n) is 8.53. The highest BCUT2D eigenvalue weighted by molar-refractivity contribution is 5.73. The van der Waals surface area contributed by atoms with Crippen molar-refractivity contribution in [1.82, 2.24) is 0 Å². The van der Waals surface area contributed by atoms with E-state index in [4.69, 9.17) is 4.74 Å². The fourth-order valence-electron chi connectivity index (χ4n) is 4.34. The number of hydrogen-bond donors (Lipinski definition) is 0. The number of hydrogen-bond acceptors (Lipinski definition) is 2. The molecule has 0 spiro atoms. The monoisotopic (exact) mass is 434 g/mol. The summed E-state index contributed by atoms with van der Waals surface area (Å²) in [6, 6.07) is 41.1. The SMILES string of the molecule is O=C(OCc1ccccc1)[C@H](Cc1ccccc1)C(Cc1ccccc1)Cc1ccccc1. The van der Waals surface area contributed by atoms with Gasteiger partial charge in [0.05, 0.1) is 5.92 Å². The summed E-state index contributed by atoms with van der Waals surface area (Å²) in [7, 11) is 0. The molecule has 0 saturated heterocycles. The first kappa shape index (κ1) is 22.5. The predicted molar refractivity (Wildman–Crippen MR) is 134 cm³/mol. The molecule has 1 atom stereocenters. The van der Waals surface area contributed by atoms with Crippen molar-refractivity contribution in [2.45, 2.75) is 25.9 Å². The van der Waals surface area contributed by atoms with Gasteiger partial charge in [0.2, 0.25) is 0 Å². The second-order valence-corrected chi connectivity index (χ2v) is 8.53. The van der Waals surface area contributed by atoms with E-state index in [-0.39, 0.29) is 17.8 Å². The van der Waals surface area contributed by atoms with E-state index in [1.54, 1.807) is 0 Å². The summed E-state index contributed by atoms with van der Waals surface area (Å²) in [4.78, 5) is 13.5. The van der Waals surface area contributed by atoms with Crippen LogP contribution in [0.25, 0.3) is 0 Å². The molecule has 0 N–H and O–H groups in total. The zero-order chi connectivity index (χ0) is 22.7. The van der Waals surface area contributed by atoms with E-state index in [9.17, 15) is 4.79 Å². The summed E-state index contributed by atoms with van der Waals surface area (Å²) in [5.74, 6) is -0.241. The van der Waals surface area contributed by atoms with E-state index in [0.29, 0.717) is 13.0 Å². The molecule has 0 unspecified atom stereocenters. The largest absolute Gasteiger partial charge is 0.461 e. The summed E-state index contributed by atoms with van der Waals surface area (Å²) < 4.78 is 5.88. The molecule has 166 valence electrons. The van der Waals surface area contributed by atoms with E-state index in [2.05, 4.69) is 60.7 Å². The molecule has 2 heteroatoms. The highest BCUT2D eigenvalue weighted by Gasteiger charge is 2.30. The Morgan fingerprint density at radius 1 is 0.515 bits per heavy atom. The number of benzene rings is 4. The van der Waals surface area contributed by atoms with Crippen LogP contribution in [0, 0.1) is 11.8 Å². The lowest BCUT2D eigenvalue weighted by Crippen LogP contribution is -2.31. The van der Waals surface area contributed by atoms with Gasteiger partial charge in [-0.25, -0.2) is 0 Å².